The first-order chi connectivity index (χ1) is 11.7. The number of hydrogen-bond acceptors (Lipinski definition) is 2. The van der Waals surface area contributed by atoms with Gasteiger partial charge in [0.2, 0.25) is 6.04 Å². The van der Waals surface area contributed by atoms with Gasteiger partial charge in [0, 0.05) is 12.8 Å². The second-order valence-corrected chi connectivity index (χ2v) is 6.58. The molecule has 2 atom stereocenters. The number of rotatable bonds is 2. The largest absolute Gasteiger partial charge is 0.623 e. The predicted molar refractivity (Wildman–Crippen MR) is 93.8 cm³/mol. The van der Waals surface area contributed by atoms with Gasteiger partial charge in [-0.2, -0.15) is 4.74 Å². The molecule has 122 valence electrons. The van der Waals surface area contributed by atoms with Crippen LogP contribution in [0, 0.1) is 5.21 Å². The Labute approximate surface area is 141 Å². The topological polar surface area (TPSA) is 49.3 Å². The van der Waals surface area contributed by atoms with E-state index in [0.717, 1.165) is 47.1 Å². The minimum absolute atomic E-state index is 0.0800. The maximum Gasteiger partial charge on any atom is 0.288 e. The van der Waals surface area contributed by atoms with Gasteiger partial charge in [-0.05, 0) is 40.8 Å². The summed E-state index contributed by atoms with van der Waals surface area (Å²) in [6.07, 6.45) is 5.41. The third kappa shape index (κ3) is 2.58. The predicted octanol–water partition coefficient (Wildman–Crippen LogP) is 3.45. The van der Waals surface area contributed by atoms with E-state index in [4.69, 9.17) is 0 Å². The third-order valence-electron chi connectivity index (χ3n) is 5.11. The monoisotopic (exact) mass is 321 g/mol. The standard InChI is InChI=1S/C20H21N2O2/c23-21-14-20(22(24)19-9-5-4-8-18(19)21)17-12-10-16(11-13-17)15-6-2-1-3-7-15/h1-3,6-7,10-14,18-19,23H,4-5,8-9H2/q+1/t18-,19-/m0/s1. The van der Waals surface area contributed by atoms with Crippen LogP contribution in [0.1, 0.15) is 31.2 Å². The highest BCUT2D eigenvalue weighted by atomic mass is 16.5. The Morgan fingerprint density at radius 3 is 2.08 bits per heavy atom. The molecule has 0 bridgehead atoms. The maximum absolute atomic E-state index is 12.8. The molecule has 24 heavy (non-hydrogen) atoms. The average Bonchev–Trinajstić information content (AvgIpc) is 2.66. The fraction of sp³-hybridized carbons (Fsp3) is 0.300. The highest BCUT2D eigenvalue weighted by molar-refractivity contribution is 6.34. The Morgan fingerprint density at radius 1 is 0.792 bits per heavy atom. The van der Waals surface area contributed by atoms with Gasteiger partial charge in [-0.3, -0.25) is 5.21 Å². The van der Waals surface area contributed by atoms with Crippen molar-refractivity contribution in [1.29, 1.82) is 0 Å². The summed E-state index contributed by atoms with van der Waals surface area (Å²) in [7, 11) is 0. The summed E-state index contributed by atoms with van der Waals surface area (Å²) in [6, 6.07) is 17.9. The van der Waals surface area contributed by atoms with E-state index < -0.39 is 0 Å². The molecule has 1 aliphatic heterocycles. The first-order valence-electron chi connectivity index (χ1n) is 8.55. The Morgan fingerprint density at radius 2 is 1.38 bits per heavy atom. The summed E-state index contributed by atoms with van der Waals surface area (Å²) >= 11 is 0. The van der Waals surface area contributed by atoms with Gasteiger partial charge >= 0.3 is 0 Å². The number of fused-ring (bicyclic) bond motifs is 1. The number of nitrogens with zero attached hydrogens (tertiary/aromatic N) is 2. The summed E-state index contributed by atoms with van der Waals surface area (Å²) in [4.78, 5) is 0. The Bertz CT molecular complexity index is 794. The van der Waals surface area contributed by atoms with Gasteiger partial charge in [0.05, 0.1) is 5.56 Å². The van der Waals surface area contributed by atoms with Crippen LogP contribution in [0.25, 0.3) is 11.1 Å². The SMILES string of the molecule is [O-][N+]1=C(c2ccc(-c3ccccc3)cc2)C=[N+](O)[C@H]2CCCC[C@@H]21. The Kier molecular flexibility index (Phi) is 3.81. The fourth-order valence-corrected chi connectivity index (χ4v) is 3.80. The number of hydrogen-bond donors (Lipinski definition) is 1. The molecule has 4 heteroatoms. The van der Waals surface area contributed by atoms with Gasteiger partial charge in [0.25, 0.3) is 18.0 Å². The van der Waals surface area contributed by atoms with Crippen molar-refractivity contribution < 1.29 is 14.7 Å². The highest BCUT2D eigenvalue weighted by Crippen LogP contribution is 2.26. The molecule has 0 radical (unpaired) electrons. The van der Waals surface area contributed by atoms with E-state index in [9.17, 15) is 10.4 Å². The molecule has 1 fully saturated rings. The number of hydroxylamine groups is 2. The summed E-state index contributed by atoms with van der Waals surface area (Å²) in [5.74, 6) is 0. The van der Waals surface area contributed by atoms with Crippen molar-refractivity contribution in [3.63, 3.8) is 0 Å². The maximum atomic E-state index is 12.8. The Balaban J connectivity index is 1.68. The van der Waals surface area contributed by atoms with E-state index in [1.54, 1.807) is 6.21 Å². The molecule has 1 aliphatic carbocycles. The molecule has 0 unspecified atom stereocenters. The van der Waals surface area contributed by atoms with Crippen LogP contribution >= 0.6 is 0 Å². The summed E-state index contributed by atoms with van der Waals surface area (Å²) in [5.41, 5.74) is 3.65. The Hall–Kier alpha value is -2.62. The van der Waals surface area contributed by atoms with Crippen LogP contribution in [0.5, 0.6) is 0 Å². The molecule has 4 rings (SSSR count). The molecule has 4 nitrogen and oxygen atoms in total. The highest BCUT2D eigenvalue weighted by Gasteiger charge is 2.45. The molecule has 1 heterocycles. The molecule has 0 amide bonds. The molecular weight excluding hydrogens is 300 g/mol. The van der Waals surface area contributed by atoms with Gasteiger partial charge in [0.1, 0.15) is 0 Å². The van der Waals surface area contributed by atoms with E-state index in [0.29, 0.717) is 5.71 Å². The lowest BCUT2D eigenvalue weighted by atomic mass is 9.89. The first kappa shape index (κ1) is 14.9. The molecular formula is C20H21N2O2+. The molecule has 2 aliphatic rings. The summed E-state index contributed by atoms with van der Waals surface area (Å²) in [5, 5.41) is 23.0. The van der Waals surface area contributed by atoms with Gasteiger partial charge in [-0.1, -0.05) is 42.5 Å². The summed E-state index contributed by atoms with van der Waals surface area (Å²) < 4.78 is 2.35. The van der Waals surface area contributed by atoms with Crippen LogP contribution < -0.4 is 0 Å². The minimum Gasteiger partial charge on any atom is -0.623 e. The van der Waals surface area contributed by atoms with Crippen molar-refractivity contribution in [3.05, 3.63) is 65.4 Å². The zero-order chi connectivity index (χ0) is 16.5. The van der Waals surface area contributed by atoms with Crippen LogP contribution in [0.4, 0.5) is 0 Å². The summed E-state index contributed by atoms with van der Waals surface area (Å²) in [6.45, 7) is 0. The normalized spacial score (nSPS) is 23.6. The van der Waals surface area contributed by atoms with E-state index in [1.165, 1.54) is 4.74 Å². The van der Waals surface area contributed by atoms with E-state index in [2.05, 4.69) is 12.1 Å². The first-order valence-corrected chi connectivity index (χ1v) is 8.55. The van der Waals surface area contributed by atoms with Crippen molar-refractivity contribution in [2.24, 2.45) is 0 Å². The zero-order valence-corrected chi connectivity index (χ0v) is 13.5. The van der Waals surface area contributed by atoms with Gasteiger partial charge in [-0.25, -0.2) is 0 Å². The molecule has 2 aromatic carbocycles. The lowest BCUT2D eigenvalue weighted by Gasteiger charge is -2.28. The van der Waals surface area contributed by atoms with Gasteiger partial charge < -0.3 is 5.21 Å². The van der Waals surface area contributed by atoms with E-state index >= 15 is 0 Å². The molecule has 1 saturated carbocycles. The number of benzene rings is 2. The molecule has 1 N–H and O–H groups in total. The zero-order valence-electron chi connectivity index (χ0n) is 13.5. The van der Waals surface area contributed by atoms with Crippen LogP contribution in [-0.4, -0.2) is 38.7 Å². The minimum atomic E-state index is -0.155. The van der Waals surface area contributed by atoms with Crippen LogP contribution in [0.3, 0.4) is 0 Å². The van der Waals surface area contributed by atoms with E-state index in [1.807, 2.05) is 42.5 Å². The van der Waals surface area contributed by atoms with Gasteiger partial charge in [-0.15, -0.1) is 0 Å². The lowest BCUT2D eigenvalue weighted by molar-refractivity contribution is -0.819. The van der Waals surface area contributed by atoms with E-state index in [-0.39, 0.29) is 12.1 Å². The third-order valence-corrected chi connectivity index (χ3v) is 5.11. The van der Waals surface area contributed by atoms with Crippen LogP contribution in [0.15, 0.2) is 54.6 Å². The van der Waals surface area contributed by atoms with Crippen LogP contribution in [-0.2, 0) is 0 Å². The molecule has 0 spiro atoms. The van der Waals surface area contributed by atoms with Crippen molar-refractivity contribution in [1.82, 2.24) is 0 Å². The molecule has 2 aromatic rings. The second kappa shape index (κ2) is 6.11. The van der Waals surface area contributed by atoms with Crippen molar-refractivity contribution in [2.45, 2.75) is 37.8 Å². The molecule has 0 aromatic heterocycles. The molecule has 0 saturated heterocycles. The van der Waals surface area contributed by atoms with Crippen molar-refractivity contribution in [2.75, 3.05) is 0 Å². The average molecular weight is 321 g/mol. The van der Waals surface area contributed by atoms with Crippen molar-refractivity contribution >= 4 is 11.9 Å². The fourth-order valence-electron chi connectivity index (χ4n) is 3.80. The van der Waals surface area contributed by atoms with Gasteiger partial charge in [0.15, 0.2) is 0 Å². The quantitative estimate of drug-likeness (QED) is 0.523. The smallest absolute Gasteiger partial charge is 0.288 e. The second-order valence-electron chi connectivity index (χ2n) is 6.58. The lowest BCUT2D eigenvalue weighted by Crippen LogP contribution is -2.51. The van der Waals surface area contributed by atoms with Crippen molar-refractivity contribution in [3.8, 4) is 11.1 Å². The van der Waals surface area contributed by atoms with Crippen LogP contribution in [0.2, 0.25) is 0 Å².